The normalized spacial score (nSPS) is 21.2. The van der Waals surface area contributed by atoms with Crippen LogP contribution in [0.15, 0.2) is 65.6 Å². The highest BCUT2D eigenvalue weighted by atomic mass is 32.2. The largest absolute Gasteiger partial charge is 0.241 e. The molecule has 3 nitrogen and oxygen atoms in total. The molecule has 1 atom stereocenters. The lowest BCUT2D eigenvalue weighted by atomic mass is 9.90. The first-order chi connectivity index (χ1) is 10.9. The fourth-order valence-electron chi connectivity index (χ4n) is 3.10. The summed E-state index contributed by atoms with van der Waals surface area (Å²) >= 11 is 0. The standard InChI is InChI=1S/C19H21NO2S/c1-15-10-12-17(13-11-15)23(21,22)20-19(2)14-6-9-18(19)16-7-4-3-5-8-16/h3-5,7-13,20H,6,14H2,1-2H3. The maximum Gasteiger partial charge on any atom is 0.241 e. The van der Waals surface area contributed by atoms with Crippen molar-refractivity contribution in [2.24, 2.45) is 0 Å². The Kier molecular flexibility index (Phi) is 4.13. The van der Waals surface area contributed by atoms with Crippen LogP contribution in [0.1, 0.15) is 30.9 Å². The van der Waals surface area contributed by atoms with Crippen molar-refractivity contribution in [1.82, 2.24) is 4.72 Å². The number of hydrogen-bond donors (Lipinski definition) is 1. The summed E-state index contributed by atoms with van der Waals surface area (Å²) in [5.74, 6) is 0. The summed E-state index contributed by atoms with van der Waals surface area (Å²) in [5.41, 5.74) is 2.58. The van der Waals surface area contributed by atoms with Gasteiger partial charge in [0.15, 0.2) is 0 Å². The van der Waals surface area contributed by atoms with Gasteiger partial charge in [0.2, 0.25) is 10.0 Å². The van der Waals surface area contributed by atoms with Crippen molar-refractivity contribution < 1.29 is 8.42 Å². The summed E-state index contributed by atoms with van der Waals surface area (Å²) in [5, 5.41) is 0. The monoisotopic (exact) mass is 327 g/mol. The highest BCUT2D eigenvalue weighted by Crippen LogP contribution is 2.38. The minimum Gasteiger partial charge on any atom is -0.207 e. The zero-order valence-corrected chi connectivity index (χ0v) is 14.2. The molecule has 1 aliphatic carbocycles. The number of nitrogens with one attached hydrogen (secondary N) is 1. The molecule has 23 heavy (non-hydrogen) atoms. The minimum absolute atomic E-state index is 0.309. The fraction of sp³-hybridized carbons (Fsp3) is 0.263. The highest BCUT2D eigenvalue weighted by molar-refractivity contribution is 7.89. The Hall–Kier alpha value is -1.91. The van der Waals surface area contributed by atoms with Gasteiger partial charge in [-0.05, 0) is 50.0 Å². The smallest absolute Gasteiger partial charge is 0.207 e. The molecule has 1 aliphatic rings. The van der Waals surface area contributed by atoms with Crippen LogP contribution < -0.4 is 4.72 Å². The molecule has 2 aromatic rings. The van der Waals surface area contributed by atoms with E-state index in [-0.39, 0.29) is 0 Å². The van der Waals surface area contributed by atoms with Crippen LogP contribution in [0.5, 0.6) is 0 Å². The number of sulfonamides is 1. The van der Waals surface area contributed by atoms with Crippen molar-refractivity contribution in [3.05, 3.63) is 71.8 Å². The van der Waals surface area contributed by atoms with Gasteiger partial charge in [-0.15, -0.1) is 0 Å². The maximum atomic E-state index is 12.7. The van der Waals surface area contributed by atoms with Crippen LogP contribution in [0.3, 0.4) is 0 Å². The van der Waals surface area contributed by atoms with Gasteiger partial charge in [0.25, 0.3) is 0 Å². The van der Waals surface area contributed by atoms with Gasteiger partial charge in [-0.2, -0.15) is 0 Å². The Balaban J connectivity index is 1.92. The molecule has 120 valence electrons. The molecule has 0 fully saturated rings. The van der Waals surface area contributed by atoms with Crippen LogP contribution in [0, 0.1) is 6.92 Å². The lowest BCUT2D eigenvalue weighted by molar-refractivity contribution is 0.500. The van der Waals surface area contributed by atoms with Crippen molar-refractivity contribution in [3.63, 3.8) is 0 Å². The second-order valence-corrected chi connectivity index (χ2v) is 7.96. The first-order valence-electron chi connectivity index (χ1n) is 7.77. The summed E-state index contributed by atoms with van der Waals surface area (Å²) in [6.45, 7) is 3.91. The average Bonchev–Trinajstić information content (AvgIpc) is 2.89. The van der Waals surface area contributed by atoms with Crippen LogP contribution in [-0.4, -0.2) is 14.0 Å². The molecule has 0 aliphatic heterocycles. The molecule has 0 bridgehead atoms. The van der Waals surface area contributed by atoms with Gasteiger partial charge in [0.05, 0.1) is 10.4 Å². The number of allylic oxidation sites excluding steroid dienone is 1. The van der Waals surface area contributed by atoms with E-state index < -0.39 is 15.6 Å². The van der Waals surface area contributed by atoms with Gasteiger partial charge in [0.1, 0.15) is 0 Å². The number of rotatable bonds is 4. The van der Waals surface area contributed by atoms with E-state index in [0.29, 0.717) is 4.90 Å². The predicted molar refractivity (Wildman–Crippen MR) is 93.6 cm³/mol. The number of aryl methyl sites for hydroxylation is 1. The summed E-state index contributed by atoms with van der Waals surface area (Å²) in [6.07, 6.45) is 3.77. The Morgan fingerprint density at radius 2 is 1.65 bits per heavy atom. The van der Waals surface area contributed by atoms with E-state index in [1.54, 1.807) is 12.1 Å². The SMILES string of the molecule is Cc1ccc(S(=O)(=O)NC2(C)CCC=C2c2ccccc2)cc1. The first kappa shape index (κ1) is 16.0. The third-order valence-electron chi connectivity index (χ3n) is 4.36. The lowest BCUT2D eigenvalue weighted by Crippen LogP contribution is -2.45. The Bertz CT molecular complexity index is 823. The van der Waals surface area contributed by atoms with Crippen molar-refractivity contribution in [3.8, 4) is 0 Å². The molecule has 4 heteroatoms. The quantitative estimate of drug-likeness (QED) is 0.925. The van der Waals surface area contributed by atoms with Gasteiger partial charge in [-0.3, -0.25) is 0 Å². The molecule has 0 spiro atoms. The van der Waals surface area contributed by atoms with E-state index in [9.17, 15) is 8.42 Å². The average molecular weight is 327 g/mol. The Morgan fingerprint density at radius 3 is 2.30 bits per heavy atom. The number of hydrogen-bond acceptors (Lipinski definition) is 2. The molecule has 0 saturated carbocycles. The van der Waals surface area contributed by atoms with Gasteiger partial charge >= 0.3 is 0 Å². The van der Waals surface area contributed by atoms with Crippen molar-refractivity contribution >= 4 is 15.6 Å². The molecule has 0 heterocycles. The molecule has 0 amide bonds. The summed E-state index contributed by atoms with van der Waals surface area (Å²) < 4.78 is 28.4. The van der Waals surface area contributed by atoms with Gasteiger partial charge < -0.3 is 0 Å². The molecule has 1 N–H and O–H groups in total. The van der Waals surface area contributed by atoms with Crippen LogP contribution >= 0.6 is 0 Å². The lowest BCUT2D eigenvalue weighted by Gasteiger charge is -2.29. The van der Waals surface area contributed by atoms with Gasteiger partial charge in [-0.1, -0.05) is 54.1 Å². The molecular formula is C19H21NO2S. The van der Waals surface area contributed by atoms with Crippen LogP contribution in [0.4, 0.5) is 0 Å². The predicted octanol–water partition coefficient (Wildman–Crippen LogP) is 3.91. The Labute approximate surface area is 138 Å². The topological polar surface area (TPSA) is 46.2 Å². The Morgan fingerprint density at radius 1 is 1.00 bits per heavy atom. The van der Waals surface area contributed by atoms with Crippen molar-refractivity contribution in [1.29, 1.82) is 0 Å². The fourth-order valence-corrected chi connectivity index (χ4v) is 4.52. The number of benzene rings is 2. The molecule has 3 rings (SSSR count). The van der Waals surface area contributed by atoms with Gasteiger partial charge in [-0.25, -0.2) is 13.1 Å². The van der Waals surface area contributed by atoms with Crippen molar-refractivity contribution in [2.75, 3.05) is 0 Å². The van der Waals surface area contributed by atoms with Gasteiger partial charge in [0, 0.05) is 0 Å². The third-order valence-corrected chi connectivity index (χ3v) is 5.97. The first-order valence-corrected chi connectivity index (χ1v) is 9.26. The highest BCUT2D eigenvalue weighted by Gasteiger charge is 2.37. The summed E-state index contributed by atoms with van der Waals surface area (Å²) in [6, 6.07) is 16.9. The maximum absolute atomic E-state index is 12.7. The second-order valence-electron chi connectivity index (χ2n) is 6.27. The molecule has 0 aromatic heterocycles. The van der Waals surface area contributed by atoms with Crippen LogP contribution in [0.25, 0.3) is 5.57 Å². The van der Waals surface area contributed by atoms with Crippen LogP contribution in [-0.2, 0) is 10.0 Å². The molecular weight excluding hydrogens is 306 g/mol. The van der Waals surface area contributed by atoms with E-state index >= 15 is 0 Å². The molecule has 1 unspecified atom stereocenters. The minimum atomic E-state index is -3.55. The van der Waals surface area contributed by atoms with E-state index in [0.717, 1.165) is 29.5 Å². The zero-order valence-electron chi connectivity index (χ0n) is 13.4. The van der Waals surface area contributed by atoms with E-state index in [2.05, 4.69) is 10.8 Å². The summed E-state index contributed by atoms with van der Waals surface area (Å²) in [7, 11) is -3.55. The summed E-state index contributed by atoms with van der Waals surface area (Å²) in [4.78, 5) is 0.309. The van der Waals surface area contributed by atoms with Crippen LogP contribution in [0.2, 0.25) is 0 Å². The molecule has 2 aromatic carbocycles. The molecule has 0 radical (unpaired) electrons. The second kappa shape index (κ2) is 5.95. The van der Waals surface area contributed by atoms with Crippen molar-refractivity contribution in [2.45, 2.75) is 37.1 Å². The van der Waals surface area contributed by atoms with E-state index in [4.69, 9.17) is 0 Å². The molecule has 0 saturated heterocycles. The van der Waals surface area contributed by atoms with E-state index in [1.807, 2.05) is 56.3 Å². The zero-order chi connectivity index (χ0) is 16.5. The third kappa shape index (κ3) is 3.23. The van der Waals surface area contributed by atoms with E-state index in [1.165, 1.54) is 0 Å².